The second-order valence-electron chi connectivity index (χ2n) is 6.99. The Labute approximate surface area is 184 Å². The Morgan fingerprint density at radius 3 is 1.97 bits per heavy atom. The van der Waals surface area contributed by atoms with Gasteiger partial charge in [-0.15, -0.1) is 0 Å². The molecule has 3 rings (SSSR count). The van der Waals surface area contributed by atoms with Crippen LogP contribution in [0.15, 0.2) is 53.0 Å². The van der Waals surface area contributed by atoms with Gasteiger partial charge in [0.05, 0.1) is 0 Å². The summed E-state index contributed by atoms with van der Waals surface area (Å²) in [5, 5.41) is 18.9. The first-order valence-electron chi connectivity index (χ1n) is 9.23. The lowest BCUT2D eigenvalue weighted by Crippen LogP contribution is -2.51. The molecule has 1 aliphatic heterocycles. The number of carboxylic acid groups (broad SMARTS) is 2. The average molecular weight is 496 g/mol. The van der Waals surface area contributed by atoms with E-state index in [1.165, 1.54) is 4.90 Å². The van der Waals surface area contributed by atoms with E-state index < -0.39 is 35.3 Å². The molecule has 0 saturated carbocycles. The van der Waals surface area contributed by atoms with Crippen molar-refractivity contribution in [3.05, 3.63) is 53.0 Å². The fourth-order valence-electron chi connectivity index (χ4n) is 3.68. The summed E-state index contributed by atoms with van der Waals surface area (Å²) in [7, 11) is 0. The number of aliphatic carboxylic acids is 1. The van der Waals surface area contributed by atoms with E-state index in [1.807, 2.05) is 24.3 Å². The first-order valence-corrected chi connectivity index (χ1v) is 11.1. The van der Waals surface area contributed by atoms with Crippen molar-refractivity contribution in [2.24, 2.45) is 5.92 Å². The molecule has 1 amide bonds. The molecule has 1 heterocycles. The van der Waals surface area contributed by atoms with Gasteiger partial charge in [0, 0.05) is 34.5 Å². The summed E-state index contributed by atoms with van der Waals surface area (Å²) in [5.74, 6) is -1.76. The number of carboxylic acids is 1. The lowest BCUT2D eigenvalue weighted by atomic mass is 9.89. The van der Waals surface area contributed by atoms with Crippen LogP contribution in [-0.4, -0.2) is 55.1 Å². The van der Waals surface area contributed by atoms with E-state index in [-0.39, 0.29) is 31.6 Å². The molecule has 2 N–H and O–H groups in total. The normalized spacial score (nSPS) is 16.7. The highest BCUT2D eigenvalue weighted by atomic mass is 79.9. The van der Waals surface area contributed by atoms with Gasteiger partial charge >= 0.3 is 12.1 Å². The van der Waals surface area contributed by atoms with E-state index in [4.69, 9.17) is 5.11 Å². The van der Waals surface area contributed by atoms with Gasteiger partial charge in [0.15, 0.2) is 0 Å². The van der Waals surface area contributed by atoms with Crippen LogP contribution in [0.4, 0.5) is 10.5 Å². The lowest BCUT2D eigenvalue weighted by molar-refractivity contribution is -0.140. The summed E-state index contributed by atoms with van der Waals surface area (Å²) >= 11 is 0.565. The van der Waals surface area contributed by atoms with Crippen molar-refractivity contribution < 1.29 is 28.6 Å². The molecule has 2 atom stereocenters. The van der Waals surface area contributed by atoms with Gasteiger partial charge in [-0.2, -0.15) is 0 Å². The SMILES string of the molecule is O=C(O)C(C1CCN(C(=O)O)CC1)N(c1ccc(-c2ccc(Br)cc2)cc1)S(=O)[O-]. The molecule has 0 radical (unpaired) electrons. The maximum absolute atomic E-state index is 12.0. The van der Waals surface area contributed by atoms with Crippen LogP contribution in [0.1, 0.15) is 12.8 Å². The van der Waals surface area contributed by atoms with Crippen molar-refractivity contribution in [1.29, 1.82) is 0 Å². The molecule has 10 heteroatoms. The topological polar surface area (TPSA) is 121 Å². The van der Waals surface area contributed by atoms with Crippen LogP contribution in [-0.2, 0) is 16.1 Å². The maximum atomic E-state index is 12.0. The quantitative estimate of drug-likeness (QED) is 0.590. The number of piperidine rings is 1. The van der Waals surface area contributed by atoms with Crippen LogP contribution in [0.5, 0.6) is 0 Å². The van der Waals surface area contributed by atoms with Crippen molar-refractivity contribution in [3.8, 4) is 11.1 Å². The van der Waals surface area contributed by atoms with Gasteiger partial charge in [-0.1, -0.05) is 40.2 Å². The van der Waals surface area contributed by atoms with Crippen LogP contribution >= 0.6 is 15.9 Å². The zero-order valence-electron chi connectivity index (χ0n) is 15.8. The van der Waals surface area contributed by atoms with Crippen molar-refractivity contribution in [1.82, 2.24) is 4.90 Å². The molecule has 2 aromatic carbocycles. The highest BCUT2D eigenvalue weighted by Crippen LogP contribution is 2.31. The summed E-state index contributed by atoms with van der Waals surface area (Å²) in [6.07, 6.45) is -0.518. The number of nitrogens with zero attached hydrogens (tertiary/aromatic N) is 2. The molecule has 0 aliphatic carbocycles. The molecular formula is C20H20BrN2O6S-. The predicted molar refractivity (Wildman–Crippen MR) is 115 cm³/mol. The Hall–Kier alpha value is -2.43. The molecule has 8 nitrogen and oxygen atoms in total. The number of carbonyl (C=O) groups is 2. The van der Waals surface area contributed by atoms with E-state index in [0.717, 1.165) is 19.9 Å². The fraction of sp³-hybridized carbons (Fsp3) is 0.300. The third-order valence-electron chi connectivity index (χ3n) is 5.22. The van der Waals surface area contributed by atoms with Gasteiger partial charge in [0.2, 0.25) is 0 Å². The number of hydrogen-bond acceptors (Lipinski definition) is 4. The predicted octanol–water partition coefficient (Wildman–Crippen LogP) is 3.56. The Balaban J connectivity index is 1.85. The highest BCUT2D eigenvalue weighted by molar-refractivity contribution is 9.10. The number of halogens is 1. The van der Waals surface area contributed by atoms with Gasteiger partial charge in [-0.05, 0) is 54.2 Å². The van der Waals surface area contributed by atoms with Crippen molar-refractivity contribution in [2.45, 2.75) is 18.9 Å². The zero-order valence-corrected chi connectivity index (χ0v) is 18.2. The van der Waals surface area contributed by atoms with E-state index in [0.29, 0.717) is 0 Å². The summed E-state index contributed by atoms with van der Waals surface area (Å²) in [6.45, 7) is 0.344. The number of benzene rings is 2. The monoisotopic (exact) mass is 495 g/mol. The van der Waals surface area contributed by atoms with Crippen LogP contribution in [0.25, 0.3) is 11.1 Å². The van der Waals surface area contributed by atoms with Gasteiger partial charge in [0.25, 0.3) is 0 Å². The van der Waals surface area contributed by atoms with Gasteiger partial charge in [0.1, 0.15) is 6.04 Å². The molecule has 1 aliphatic rings. The minimum absolute atomic E-state index is 0.172. The van der Waals surface area contributed by atoms with E-state index in [9.17, 15) is 23.5 Å². The highest BCUT2D eigenvalue weighted by Gasteiger charge is 2.37. The molecule has 160 valence electrons. The molecule has 2 aromatic rings. The lowest BCUT2D eigenvalue weighted by Gasteiger charge is -2.39. The molecule has 0 aromatic heterocycles. The largest absolute Gasteiger partial charge is 0.755 e. The average Bonchev–Trinajstić information content (AvgIpc) is 2.72. The molecular weight excluding hydrogens is 476 g/mol. The van der Waals surface area contributed by atoms with Crippen LogP contribution in [0, 0.1) is 5.92 Å². The van der Waals surface area contributed by atoms with Gasteiger partial charge in [-0.25, -0.2) is 9.59 Å². The number of anilines is 1. The third kappa shape index (κ3) is 5.00. The van der Waals surface area contributed by atoms with Crippen LogP contribution in [0.2, 0.25) is 0 Å². The number of amides is 1. The van der Waals surface area contributed by atoms with Gasteiger partial charge in [-0.3, -0.25) is 8.51 Å². The summed E-state index contributed by atoms with van der Waals surface area (Å²) in [6, 6.07) is 13.0. The number of rotatable bonds is 6. The second-order valence-corrected chi connectivity index (χ2v) is 8.73. The minimum atomic E-state index is -2.81. The molecule has 2 unspecified atom stereocenters. The maximum Gasteiger partial charge on any atom is 0.407 e. The van der Waals surface area contributed by atoms with Crippen molar-refractivity contribution in [2.75, 3.05) is 17.4 Å². The Kier molecular flexibility index (Phi) is 7.11. The molecule has 0 bridgehead atoms. The first-order chi connectivity index (χ1) is 14.3. The molecule has 1 saturated heterocycles. The van der Waals surface area contributed by atoms with E-state index >= 15 is 0 Å². The molecule has 0 spiro atoms. The second kappa shape index (κ2) is 9.59. The van der Waals surface area contributed by atoms with Crippen LogP contribution < -0.4 is 4.31 Å². The Bertz CT molecular complexity index is 929. The molecule has 30 heavy (non-hydrogen) atoms. The smallest absolute Gasteiger partial charge is 0.407 e. The number of likely N-dealkylation sites (tertiary alicyclic amines) is 1. The summed E-state index contributed by atoms with van der Waals surface area (Å²) in [5.41, 5.74) is 2.05. The molecule has 1 fully saturated rings. The third-order valence-corrected chi connectivity index (χ3v) is 6.51. The van der Waals surface area contributed by atoms with Crippen LogP contribution in [0.3, 0.4) is 0 Å². The Morgan fingerprint density at radius 1 is 1.03 bits per heavy atom. The van der Waals surface area contributed by atoms with Crippen molar-refractivity contribution >= 4 is 44.9 Å². The van der Waals surface area contributed by atoms with E-state index in [2.05, 4.69) is 15.9 Å². The Morgan fingerprint density at radius 2 is 1.53 bits per heavy atom. The standard InChI is InChI=1S/C20H21BrN2O6S/c21-16-5-1-13(2-6-16)14-3-7-17(8-4-14)23(30(28)29)18(19(24)25)15-9-11-22(12-10-15)20(26)27/h1-8,15,18H,9-12H2,(H,24,25)(H,26,27)(H,28,29)/p-1. The summed E-state index contributed by atoms with van der Waals surface area (Å²) < 4.78 is 25.8. The zero-order chi connectivity index (χ0) is 21.8. The number of hydrogen-bond donors (Lipinski definition) is 2. The van der Waals surface area contributed by atoms with E-state index in [1.54, 1.807) is 24.3 Å². The minimum Gasteiger partial charge on any atom is -0.755 e. The fourth-order valence-corrected chi connectivity index (χ4v) is 4.69. The van der Waals surface area contributed by atoms with Gasteiger partial charge < -0.3 is 19.7 Å². The first kappa shape index (κ1) is 22.3. The van der Waals surface area contributed by atoms with Crippen molar-refractivity contribution in [3.63, 3.8) is 0 Å². The summed E-state index contributed by atoms with van der Waals surface area (Å²) in [4.78, 5) is 24.3.